The van der Waals surface area contributed by atoms with Crippen LogP contribution >= 0.6 is 0 Å². The number of carbonyl (C=O) groups excluding carboxylic acids is 3. The summed E-state index contributed by atoms with van der Waals surface area (Å²) in [5, 5.41) is 2.35. The minimum Gasteiger partial charge on any atom is -0.449 e. The molecule has 1 atom stereocenters. The van der Waals surface area contributed by atoms with Gasteiger partial charge in [0, 0.05) is 11.3 Å². The average molecular weight is 447 g/mol. The fourth-order valence-electron chi connectivity index (χ4n) is 2.39. The summed E-state index contributed by atoms with van der Waals surface area (Å²) in [5.41, 5.74) is -3.76. The van der Waals surface area contributed by atoms with E-state index in [1.54, 1.807) is 0 Å². The van der Waals surface area contributed by atoms with Crippen LogP contribution in [0, 0.1) is 0 Å². The molecule has 0 fully saturated rings. The van der Waals surface area contributed by atoms with Gasteiger partial charge < -0.3 is 10.1 Å². The van der Waals surface area contributed by atoms with Crippen LogP contribution in [0.3, 0.4) is 0 Å². The van der Waals surface area contributed by atoms with Gasteiger partial charge in [0.25, 0.3) is 5.91 Å². The molecule has 2 aromatic rings. The highest BCUT2D eigenvalue weighted by Crippen LogP contribution is 2.36. The first kappa shape index (κ1) is 23.9. The molecule has 0 saturated heterocycles. The number of ketones is 1. The lowest BCUT2D eigenvalue weighted by Crippen LogP contribution is -2.30. The Bertz CT molecular complexity index is 964. The molecule has 0 saturated carbocycles. The van der Waals surface area contributed by atoms with Gasteiger partial charge in [-0.25, -0.2) is 4.79 Å². The Morgan fingerprint density at radius 1 is 0.839 bits per heavy atom. The normalized spacial score (nSPS) is 12.8. The first-order valence-corrected chi connectivity index (χ1v) is 8.61. The fraction of sp³-hybridized carbons (Fsp3) is 0.250. The van der Waals surface area contributed by atoms with Crippen molar-refractivity contribution < 1.29 is 45.5 Å². The van der Waals surface area contributed by atoms with Crippen molar-refractivity contribution in [2.75, 3.05) is 5.32 Å². The van der Waals surface area contributed by atoms with Crippen molar-refractivity contribution in [2.45, 2.75) is 32.3 Å². The van der Waals surface area contributed by atoms with Gasteiger partial charge in [-0.2, -0.15) is 26.3 Å². The summed E-state index contributed by atoms with van der Waals surface area (Å²) in [4.78, 5) is 35.5. The van der Waals surface area contributed by atoms with Crippen LogP contribution in [0.4, 0.5) is 32.0 Å². The van der Waals surface area contributed by atoms with E-state index in [0.29, 0.717) is 5.56 Å². The van der Waals surface area contributed by atoms with E-state index >= 15 is 0 Å². The summed E-state index contributed by atoms with van der Waals surface area (Å²) in [6.07, 6.45) is -11.8. The average Bonchev–Trinajstić information content (AvgIpc) is 2.66. The number of ether oxygens (including phenoxy) is 1. The molecule has 2 aromatic carbocycles. The quantitative estimate of drug-likeness (QED) is 0.393. The fourth-order valence-corrected chi connectivity index (χ4v) is 2.39. The van der Waals surface area contributed by atoms with Gasteiger partial charge in [-0.1, -0.05) is 0 Å². The third-order valence-electron chi connectivity index (χ3n) is 4.04. The van der Waals surface area contributed by atoms with Crippen molar-refractivity contribution in [1.82, 2.24) is 0 Å². The maximum Gasteiger partial charge on any atom is 0.416 e. The van der Waals surface area contributed by atoms with E-state index in [1.807, 2.05) is 0 Å². The second-order valence-corrected chi connectivity index (χ2v) is 6.46. The lowest BCUT2D eigenvalue weighted by atomic mass is 10.0. The number of rotatable bonds is 5. The van der Waals surface area contributed by atoms with E-state index in [1.165, 1.54) is 31.2 Å². The number of benzene rings is 2. The summed E-state index contributed by atoms with van der Waals surface area (Å²) >= 11 is 0. The Morgan fingerprint density at radius 2 is 1.32 bits per heavy atom. The molecule has 0 aliphatic carbocycles. The number of Topliss-reactive ketones (excluding diaryl/α,β-unsaturated/α-hetero) is 1. The number of amides is 1. The summed E-state index contributed by atoms with van der Waals surface area (Å²) in [6, 6.07) is 5.94. The highest BCUT2D eigenvalue weighted by atomic mass is 19.4. The third-order valence-corrected chi connectivity index (χ3v) is 4.04. The second-order valence-electron chi connectivity index (χ2n) is 6.46. The molecule has 2 rings (SSSR count). The molecule has 0 aliphatic rings. The largest absolute Gasteiger partial charge is 0.449 e. The zero-order chi connectivity index (χ0) is 23.6. The zero-order valence-corrected chi connectivity index (χ0v) is 16.0. The number of halogens is 6. The van der Waals surface area contributed by atoms with E-state index in [0.717, 1.165) is 6.92 Å². The Labute approximate surface area is 172 Å². The van der Waals surface area contributed by atoms with E-state index in [-0.39, 0.29) is 29.7 Å². The summed E-state index contributed by atoms with van der Waals surface area (Å²) < 4.78 is 82.2. The lowest BCUT2D eigenvalue weighted by Gasteiger charge is -2.16. The molecule has 1 unspecified atom stereocenters. The van der Waals surface area contributed by atoms with Gasteiger partial charge >= 0.3 is 18.3 Å². The van der Waals surface area contributed by atoms with E-state index in [4.69, 9.17) is 4.74 Å². The van der Waals surface area contributed by atoms with Crippen LogP contribution in [0.15, 0.2) is 42.5 Å². The third kappa shape index (κ3) is 6.30. The van der Waals surface area contributed by atoms with Crippen LogP contribution in [0.5, 0.6) is 0 Å². The maximum absolute atomic E-state index is 12.9. The Kier molecular flexibility index (Phi) is 6.77. The van der Waals surface area contributed by atoms with Gasteiger partial charge in [-0.15, -0.1) is 0 Å². The number of nitrogens with one attached hydrogen (secondary N) is 1. The molecule has 1 amide bonds. The molecule has 1 N–H and O–H groups in total. The molecule has 0 bridgehead atoms. The van der Waals surface area contributed by atoms with Crippen LogP contribution in [0.1, 0.15) is 45.7 Å². The van der Waals surface area contributed by atoms with Gasteiger partial charge in [0.05, 0.1) is 16.7 Å². The van der Waals surface area contributed by atoms with Gasteiger partial charge in [0.2, 0.25) is 0 Å². The van der Waals surface area contributed by atoms with Gasteiger partial charge in [0.1, 0.15) is 0 Å². The molecule has 5 nitrogen and oxygen atoms in total. The van der Waals surface area contributed by atoms with Gasteiger partial charge in [0.15, 0.2) is 11.9 Å². The number of hydrogen-bond donors (Lipinski definition) is 1. The number of esters is 1. The molecule has 0 radical (unpaired) electrons. The number of anilines is 1. The molecular weight excluding hydrogens is 432 g/mol. The molecule has 0 aromatic heterocycles. The minimum atomic E-state index is -5.13. The smallest absolute Gasteiger partial charge is 0.416 e. The van der Waals surface area contributed by atoms with Crippen LogP contribution in [0.2, 0.25) is 0 Å². The van der Waals surface area contributed by atoms with Crippen LogP contribution < -0.4 is 5.32 Å². The number of hydrogen-bond acceptors (Lipinski definition) is 4. The predicted octanol–water partition coefficient (Wildman–Crippen LogP) is 5.11. The highest BCUT2D eigenvalue weighted by Gasteiger charge is 2.38. The van der Waals surface area contributed by atoms with E-state index in [9.17, 15) is 40.7 Å². The topological polar surface area (TPSA) is 72.5 Å². The number of carbonyl (C=O) groups is 3. The van der Waals surface area contributed by atoms with Gasteiger partial charge in [-0.3, -0.25) is 9.59 Å². The molecule has 0 heterocycles. The SMILES string of the molecule is CC(=O)c1ccc(NC(=O)C(C)OC(=O)c2cc(C(F)(F)F)cc(C(F)(F)F)c2)cc1. The monoisotopic (exact) mass is 447 g/mol. The van der Waals surface area contributed by atoms with Crippen LogP contribution in [-0.2, 0) is 21.9 Å². The Balaban J connectivity index is 2.17. The molecule has 31 heavy (non-hydrogen) atoms. The number of alkyl halides is 6. The lowest BCUT2D eigenvalue weighted by molar-refractivity contribution is -0.143. The van der Waals surface area contributed by atoms with Crippen molar-refractivity contribution in [1.29, 1.82) is 0 Å². The molecule has 0 spiro atoms. The minimum absolute atomic E-state index is 0.127. The van der Waals surface area contributed by atoms with E-state index < -0.39 is 47.0 Å². The highest BCUT2D eigenvalue weighted by molar-refractivity contribution is 5.98. The van der Waals surface area contributed by atoms with Crippen molar-refractivity contribution in [3.63, 3.8) is 0 Å². The maximum atomic E-state index is 12.9. The van der Waals surface area contributed by atoms with Gasteiger partial charge in [-0.05, 0) is 56.3 Å². The Morgan fingerprint density at radius 3 is 1.74 bits per heavy atom. The van der Waals surface area contributed by atoms with Crippen LogP contribution in [-0.4, -0.2) is 23.8 Å². The van der Waals surface area contributed by atoms with Crippen molar-refractivity contribution in [3.05, 3.63) is 64.7 Å². The second kappa shape index (κ2) is 8.78. The summed E-state index contributed by atoms with van der Waals surface area (Å²) in [6.45, 7) is 2.43. The standard InChI is InChI=1S/C20H15F6NO4/c1-10(28)12-3-5-16(6-4-12)27-17(29)11(2)31-18(30)13-7-14(19(21,22)23)9-15(8-13)20(24,25)26/h3-9,11H,1-2H3,(H,27,29). The van der Waals surface area contributed by atoms with Crippen LogP contribution in [0.25, 0.3) is 0 Å². The van der Waals surface area contributed by atoms with Crippen molar-refractivity contribution in [3.8, 4) is 0 Å². The first-order chi connectivity index (χ1) is 14.2. The Hall–Kier alpha value is -3.37. The zero-order valence-electron chi connectivity index (χ0n) is 16.0. The van der Waals surface area contributed by atoms with Crippen molar-refractivity contribution in [2.24, 2.45) is 0 Å². The summed E-state index contributed by atoms with van der Waals surface area (Å²) in [5.74, 6) is -2.63. The molecule has 11 heteroatoms. The van der Waals surface area contributed by atoms with Crippen molar-refractivity contribution >= 4 is 23.3 Å². The molecule has 0 aliphatic heterocycles. The summed E-state index contributed by atoms with van der Waals surface area (Å²) in [7, 11) is 0. The van der Waals surface area contributed by atoms with E-state index in [2.05, 4.69) is 5.32 Å². The molecule has 166 valence electrons. The molecular formula is C20H15F6NO4. The predicted molar refractivity (Wildman–Crippen MR) is 96.4 cm³/mol. The first-order valence-electron chi connectivity index (χ1n) is 8.61.